The van der Waals surface area contributed by atoms with Crippen LogP contribution in [0.1, 0.15) is 47.5 Å². The molecule has 40 heavy (non-hydrogen) atoms. The minimum absolute atomic E-state index is 0.0158. The average Bonchev–Trinajstić information content (AvgIpc) is 2.93. The average molecular weight is 552 g/mol. The number of pyridine rings is 1. The van der Waals surface area contributed by atoms with Crippen molar-refractivity contribution in [3.05, 3.63) is 79.8 Å². The maximum Gasteiger partial charge on any atom is 0.250 e. The number of hydrogen-bond acceptors (Lipinski definition) is 9. The maximum atomic E-state index is 12.9. The molecule has 5 rings (SSSR count). The smallest absolute Gasteiger partial charge is 0.250 e. The largest absolute Gasteiger partial charge is 0.502 e. The number of piperidine rings is 1. The standard InChI is InChI=1S/C29H33N3O8/c1-37-23-8-17(9-24(38-2)29(23)39-3)20(11-25(30)34)28-27(36)22(33)10-19(40-28)15-31-12-16-7-18(14-31)21-5-4-6-26(35)32(21)13-16/h4-6,8-10,16,18,20,36H,7,11-15H2,1-3H3,(H2,30,34)/t16-,18+,20+/m1/s1. The first-order valence-corrected chi connectivity index (χ1v) is 13.1. The predicted molar refractivity (Wildman–Crippen MR) is 145 cm³/mol. The summed E-state index contributed by atoms with van der Waals surface area (Å²) < 4.78 is 24.3. The second-order valence-electron chi connectivity index (χ2n) is 10.4. The predicted octanol–water partition coefficient (Wildman–Crippen LogP) is 2.16. The Balaban J connectivity index is 1.49. The summed E-state index contributed by atoms with van der Waals surface area (Å²) in [7, 11) is 4.40. The lowest BCUT2D eigenvalue weighted by molar-refractivity contribution is -0.118. The minimum atomic E-state index is -0.890. The van der Waals surface area contributed by atoms with Gasteiger partial charge in [0.1, 0.15) is 5.76 Å². The summed E-state index contributed by atoms with van der Waals surface area (Å²) in [5.74, 6) is -0.342. The number of hydrogen-bond donors (Lipinski definition) is 2. The van der Waals surface area contributed by atoms with Crippen molar-refractivity contribution in [2.24, 2.45) is 11.7 Å². The number of primary amides is 1. The Labute approximate surface area is 230 Å². The van der Waals surface area contributed by atoms with E-state index < -0.39 is 23.0 Å². The van der Waals surface area contributed by atoms with E-state index in [0.717, 1.165) is 18.7 Å². The Kier molecular flexibility index (Phi) is 7.57. The number of benzene rings is 1. The molecule has 3 atom stereocenters. The van der Waals surface area contributed by atoms with Crippen molar-refractivity contribution in [3.63, 3.8) is 0 Å². The molecular weight excluding hydrogens is 518 g/mol. The van der Waals surface area contributed by atoms with E-state index in [-0.39, 0.29) is 29.6 Å². The molecule has 1 saturated heterocycles. The molecule has 0 saturated carbocycles. The second kappa shape index (κ2) is 11.1. The van der Waals surface area contributed by atoms with E-state index in [9.17, 15) is 19.5 Å². The highest BCUT2D eigenvalue weighted by atomic mass is 16.5. The number of nitrogens with zero attached hydrogens (tertiary/aromatic N) is 2. The first kappa shape index (κ1) is 27.3. The SMILES string of the molecule is COc1cc([C@H](CC(N)=O)c2oc(CN3C[C@H]4C[C@@H](C3)c3cccc(=O)n3C4)cc(=O)c2O)cc(OC)c1OC. The van der Waals surface area contributed by atoms with Crippen molar-refractivity contribution in [1.29, 1.82) is 0 Å². The number of methoxy groups -OCH3 is 3. The van der Waals surface area contributed by atoms with Gasteiger partial charge in [-0.2, -0.15) is 0 Å². The van der Waals surface area contributed by atoms with Crippen LogP contribution in [0.5, 0.6) is 23.0 Å². The summed E-state index contributed by atoms with van der Waals surface area (Å²) in [6.07, 6.45) is 0.755. The molecule has 2 aromatic heterocycles. The Morgan fingerprint density at radius 2 is 1.80 bits per heavy atom. The van der Waals surface area contributed by atoms with Crippen molar-refractivity contribution in [3.8, 4) is 23.0 Å². The Hall–Kier alpha value is -4.25. The summed E-state index contributed by atoms with van der Waals surface area (Å²) in [6, 6.07) is 9.92. The Morgan fingerprint density at radius 3 is 2.45 bits per heavy atom. The third-order valence-corrected chi connectivity index (χ3v) is 7.75. The van der Waals surface area contributed by atoms with Crippen molar-refractivity contribution >= 4 is 5.91 Å². The molecule has 3 aromatic rings. The summed E-state index contributed by atoms with van der Waals surface area (Å²) in [6.45, 7) is 2.39. The fourth-order valence-corrected chi connectivity index (χ4v) is 6.08. The number of rotatable bonds is 9. The van der Waals surface area contributed by atoms with Crippen LogP contribution in [0.4, 0.5) is 0 Å². The molecule has 0 radical (unpaired) electrons. The Bertz CT molecular complexity index is 1520. The second-order valence-corrected chi connectivity index (χ2v) is 10.4. The van der Waals surface area contributed by atoms with Gasteiger partial charge in [-0.1, -0.05) is 6.07 Å². The molecule has 212 valence electrons. The number of carbonyl (C=O) groups excluding carboxylic acids is 1. The molecule has 2 bridgehead atoms. The molecule has 1 aromatic carbocycles. The van der Waals surface area contributed by atoms with Crippen LogP contribution in [-0.4, -0.2) is 54.9 Å². The van der Waals surface area contributed by atoms with Gasteiger partial charge in [0.2, 0.25) is 22.8 Å². The highest BCUT2D eigenvalue weighted by Gasteiger charge is 2.35. The molecule has 0 aliphatic carbocycles. The van der Waals surface area contributed by atoms with E-state index in [4.69, 9.17) is 24.4 Å². The first-order chi connectivity index (χ1) is 19.2. The number of amides is 1. The zero-order valence-corrected chi connectivity index (χ0v) is 22.7. The molecule has 0 unspecified atom stereocenters. The van der Waals surface area contributed by atoms with E-state index in [1.54, 1.807) is 24.3 Å². The van der Waals surface area contributed by atoms with Gasteiger partial charge < -0.3 is 34.0 Å². The lowest BCUT2D eigenvalue weighted by Crippen LogP contribution is -2.46. The molecule has 2 aliphatic rings. The zero-order valence-electron chi connectivity index (χ0n) is 22.7. The number of fused-ring (bicyclic) bond motifs is 4. The molecule has 1 fully saturated rings. The van der Waals surface area contributed by atoms with Crippen molar-refractivity contribution in [2.75, 3.05) is 34.4 Å². The lowest BCUT2D eigenvalue weighted by Gasteiger charge is -2.42. The molecule has 3 N–H and O–H groups in total. The van der Waals surface area contributed by atoms with Crippen LogP contribution in [0.15, 0.2) is 50.4 Å². The van der Waals surface area contributed by atoms with E-state index >= 15 is 0 Å². The number of ether oxygens (including phenoxy) is 3. The van der Waals surface area contributed by atoms with Crippen LogP contribution in [0, 0.1) is 5.92 Å². The van der Waals surface area contributed by atoms with E-state index in [2.05, 4.69) is 4.90 Å². The van der Waals surface area contributed by atoms with Gasteiger partial charge in [0.15, 0.2) is 17.3 Å². The van der Waals surface area contributed by atoms with Crippen LogP contribution in [0.25, 0.3) is 0 Å². The van der Waals surface area contributed by atoms with Crippen molar-refractivity contribution in [2.45, 2.75) is 37.8 Å². The van der Waals surface area contributed by atoms with Crippen LogP contribution >= 0.6 is 0 Å². The molecule has 0 spiro atoms. The first-order valence-electron chi connectivity index (χ1n) is 13.1. The summed E-state index contributed by atoms with van der Waals surface area (Å²) in [4.78, 5) is 39.6. The minimum Gasteiger partial charge on any atom is -0.502 e. The van der Waals surface area contributed by atoms with Gasteiger partial charge in [-0.3, -0.25) is 19.3 Å². The van der Waals surface area contributed by atoms with Crippen molar-refractivity contribution < 1.29 is 28.5 Å². The van der Waals surface area contributed by atoms with Crippen molar-refractivity contribution in [1.82, 2.24) is 9.47 Å². The number of aromatic nitrogens is 1. The molecular formula is C29H33N3O8. The third-order valence-electron chi connectivity index (χ3n) is 7.75. The van der Waals surface area contributed by atoms with Gasteiger partial charge in [-0.15, -0.1) is 0 Å². The lowest BCUT2D eigenvalue weighted by atomic mass is 9.83. The van der Waals surface area contributed by atoms with Crippen LogP contribution < -0.4 is 30.9 Å². The van der Waals surface area contributed by atoms with Crippen LogP contribution in [-0.2, 0) is 17.9 Å². The number of aromatic hydroxyl groups is 1. The molecule has 2 aliphatic heterocycles. The van der Waals surface area contributed by atoms with Crippen LogP contribution in [0.2, 0.25) is 0 Å². The Morgan fingerprint density at radius 1 is 1.07 bits per heavy atom. The summed E-state index contributed by atoms with van der Waals surface area (Å²) in [5.41, 5.74) is 6.48. The summed E-state index contributed by atoms with van der Waals surface area (Å²) >= 11 is 0. The van der Waals surface area contributed by atoms with Gasteiger partial charge in [0.05, 0.1) is 33.8 Å². The van der Waals surface area contributed by atoms with Gasteiger partial charge in [0.25, 0.3) is 5.56 Å². The fraction of sp³-hybridized carbons (Fsp3) is 0.414. The topological polar surface area (TPSA) is 146 Å². The van der Waals surface area contributed by atoms with E-state index in [0.29, 0.717) is 48.2 Å². The number of nitrogens with two attached hydrogens (primary N) is 1. The fourth-order valence-electron chi connectivity index (χ4n) is 6.08. The van der Waals surface area contributed by atoms with E-state index in [1.807, 2.05) is 10.6 Å². The number of carbonyl (C=O) groups is 1. The quantitative estimate of drug-likeness (QED) is 0.408. The maximum absolute atomic E-state index is 12.9. The molecule has 11 nitrogen and oxygen atoms in total. The normalized spacial score (nSPS) is 19.0. The van der Waals surface area contributed by atoms with Crippen LogP contribution in [0.3, 0.4) is 0 Å². The van der Waals surface area contributed by atoms with Gasteiger partial charge in [-0.25, -0.2) is 0 Å². The highest BCUT2D eigenvalue weighted by Crippen LogP contribution is 2.43. The number of likely N-dealkylation sites (tertiary alicyclic amines) is 1. The third kappa shape index (κ3) is 5.16. The van der Waals surface area contributed by atoms with Gasteiger partial charge in [0, 0.05) is 49.8 Å². The molecule has 1 amide bonds. The monoisotopic (exact) mass is 551 g/mol. The van der Waals surface area contributed by atoms with Gasteiger partial charge >= 0.3 is 0 Å². The highest BCUT2D eigenvalue weighted by molar-refractivity contribution is 5.75. The zero-order chi connectivity index (χ0) is 28.6. The van der Waals surface area contributed by atoms with Gasteiger partial charge in [-0.05, 0) is 36.1 Å². The molecule has 11 heteroatoms. The summed E-state index contributed by atoms with van der Waals surface area (Å²) in [5, 5.41) is 10.8. The molecule has 4 heterocycles. The van der Waals surface area contributed by atoms with E-state index in [1.165, 1.54) is 27.4 Å².